The van der Waals surface area contributed by atoms with E-state index in [-0.39, 0.29) is 0 Å². The van der Waals surface area contributed by atoms with Crippen molar-refractivity contribution in [2.75, 3.05) is 0 Å². The van der Waals surface area contributed by atoms with Gasteiger partial charge in [-0.1, -0.05) is 74.5 Å². The van der Waals surface area contributed by atoms with Crippen molar-refractivity contribution in [2.24, 2.45) is 0 Å². The van der Waals surface area contributed by atoms with Gasteiger partial charge in [-0.15, -0.1) is 0 Å². The molecule has 3 aromatic carbocycles. The van der Waals surface area contributed by atoms with Crippen LogP contribution in [0, 0.1) is 0 Å². The third-order valence-electron chi connectivity index (χ3n) is 4.34. The second-order valence-electron chi connectivity index (χ2n) is 6.40. The molecule has 3 heteroatoms. The lowest BCUT2D eigenvalue weighted by atomic mass is 9.92. The molecule has 0 N–H and O–H groups in total. The standard InChI is InChI=1S/C22H19F3/c1-15(2)16-7-9-17(10-8-16)20-5-3-4-6-21(20)18-11-13-19(14-12-18)22(23,24)25/h3-15H,1-2H3. The number of rotatable bonds is 3. The van der Waals surface area contributed by atoms with Crippen molar-refractivity contribution >= 4 is 0 Å². The number of benzene rings is 3. The normalized spacial score (nSPS) is 11.8. The number of hydrogen-bond donors (Lipinski definition) is 0. The molecule has 3 aromatic rings. The number of halogens is 3. The summed E-state index contributed by atoms with van der Waals surface area (Å²) in [5.74, 6) is 0.458. The van der Waals surface area contributed by atoms with Gasteiger partial charge in [0.2, 0.25) is 0 Å². The van der Waals surface area contributed by atoms with Gasteiger partial charge in [-0.2, -0.15) is 13.2 Å². The first-order valence-corrected chi connectivity index (χ1v) is 8.23. The van der Waals surface area contributed by atoms with Crippen LogP contribution >= 0.6 is 0 Å². The fourth-order valence-corrected chi connectivity index (χ4v) is 2.87. The SMILES string of the molecule is CC(C)c1ccc(-c2ccccc2-c2ccc(C(F)(F)F)cc2)cc1. The van der Waals surface area contributed by atoms with Crippen LogP contribution in [0.15, 0.2) is 72.8 Å². The van der Waals surface area contributed by atoms with Gasteiger partial charge in [0.25, 0.3) is 0 Å². The Bertz CT molecular complexity index is 842. The van der Waals surface area contributed by atoms with E-state index in [9.17, 15) is 13.2 Å². The van der Waals surface area contributed by atoms with Crippen LogP contribution in [0.25, 0.3) is 22.3 Å². The Kier molecular flexibility index (Phi) is 4.67. The minimum atomic E-state index is -4.31. The van der Waals surface area contributed by atoms with E-state index in [1.54, 1.807) is 0 Å². The largest absolute Gasteiger partial charge is 0.416 e. The quantitative estimate of drug-likeness (QED) is 0.474. The first kappa shape index (κ1) is 17.3. The summed E-state index contributed by atoms with van der Waals surface area (Å²) in [6.07, 6.45) is -4.31. The zero-order valence-corrected chi connectivity index (χ0v) is 14.1. The molecule has 0 saturated heterocycles. The molecule has 0 fully saturated rings. The predicted molar refractivity (Wildman–Crippen MR) is 96.4 cm³/mol. The molecule has 0 spiro atoms. The highest BCUT2D eigenvalue weighted by atomic mass is 19.4. The van der Waals surface area contributed by atoms with Gasteiger partial charge >= 0.3 is 6.18 Å². The van der Waals surface area contributed by atoms with Crippen LogP contribution in [-0.2, 0) is 6.18 Å². The van der Waals surface area contributed by atoms with Gasteiger partial charge in [0.05, 0.1) is 5.56 Å². The molecule has 128 valence electrons. The van der Waals surface area contributed by atoms with Crippen LogP contribution in [0.5, 0.6) is 0 Å². The highest BCUT2D eigenvalue weighted by molar-refractivity contribution is 5.83. The first-order chi connectivity index (χ1) is 11.9. The van der Waals surface area contributed by atoms with E-state index in [1.165, 1.54) is 17.7 Å². The van der Waals surface area contributed by atoms with E-state index in [1.807, 2.05) is 24.3 Å². The molecule has 0 aliphatic carbocycles. The Morgan fingerprint density at radius 1 is 0.640 bits per heavy atom. The Morgan fingerprint density at radius 3 is 1.48 bits per heavy atom. The molecular formula is C22H19F3. The zero-order valence-electron chi connectivity index (χ0n) is 14.1. The van der Waals surface area contributed by atoms with Crippen LogP contribution < -0.4 is 0 Å². The van der Waals surface area contributed by atoms with Crippen LogP contribution in [0.3, 0.4) is 0 Å². The number of alkyl halides is 3. The molecular weight excluding hydrogens is 321 g/mol. The molecule has 0 radical (unpaired) electrons. The molecule has 0 aromatic heterocycles. The summed E-state index contributed by atoms with van der Waals surface area (Å²) in [4.78, 5) is 0. The third-order valence-corrected chi connectivity index (χ3v) is 4.34. The fourth-order valence-electron chi connectivity index (χ4n) is 2.87. The van der Waals surface area contributed by atoms with Gasteiger partial charge in [0.1, 0.15) is 0 Å². The summed E-state index contributed by atoms with van der Waals surface area (Å²) in [7, 11) is 0. The molecule has 0 heterocycles. The van der Waals surface area contributed by atoms with Crippen molar-refractivity contribution in [3.8, 4) is 22.3 Å². The van der Waals surface area contributed by atoms with Crippen molar-refractivity contribution < 1.29 is 13.2 Å². The summed E-state index contributed by atoms with van der Waals surface area (Å²) in [6.45, 7) is 4.29. The Morgan fingerprint density at radius 2 is 1.08 bits per heavy atom. The molecule has 0 atom stereocenters. The summed E-state index contributed by atoms with van der Waals surface area (Å²) >= 11 is 0. The van der Waals surface area contributed by atoms with Crippen LogP contribution in [-0.4, -0.2) is 0 Å². The monoisotopic (exact) mass is 340 g/mol. The van der Waals surface area contributed by atoms with Crippen molar-refractivity contribution in [3.63, 3.8) is 0 Å². The second-order valence-corrected chi connectivity index (χ2v) is 6.40. The molecule has 0 amide bonds. The maximum absolute atomic E-state index is 12.8. The zero-order chi connectivity index (χ0) is 18.0. The van der Waals surface area contributed by atoms with Crippen LogP contribution in [0.2, 0.25) is 0 Å². The summed E-state index contributed by atoms with van der Waals surface area (Å²) in [6, 6.07) is 21.4. The van der Waals surface area contributed by atoms with Gasteiger partial charge < -0.3 is 0 Å². The van der Waals surface area contributed by atoms with Crippen molar-refractivity contribution in [2.45, 2.75) is 25.9 Å². The smallest absolute Gasteiger partial charge is 0.166 e. The van der Waals surface area contributed by atoms with Crippen molar-refractivity contribution in [1.82, 2.24) is 0 Å². The van der Waals surface area contributed by atoms with Gasteiger partial charge in [-0.3, -0.25) is 0 Å². The van der Waals surface area contributed by atoms with E-state index >= 15 is 0 Å². The van der Waals surface area contributed by atoms with Crippen molar-refractivity contribution in [1.29, 1.82) is 0 Å². The lowest BCUT2D eigenvalue weighted by molar-refractivity contribution is -0.137. The molecule has 0 unspecified atom stereocenters. The minimum Gasteiger partial charge on any atom is -0.166 e. The minimum absolute atomic E-state index is 0.458. The Labute approximate surface area is 146 Å². The summed E-state index contributed by atoms with van der Waals surface area (Å²) < 4.78 is 38.3. The fraction of sp³-hybridized carbons (Fsp3) is 0.182. The summed E-state index contributed by atoms with van der Waals surface area (Å²) in [5.41, 5.74) is 4.40. The lowest BCUT2D eigenvalue weighted by Gasteiger charge is -2.13. The van der Waals surface area contributed by atoms with Crippen molar-refractivity contribution in [3.05, 3.63) is 83.9 Å². The van der Waals surface area contributed by atoms with E-state index < -0.39 is 11.7 Å². The van der Waals surface area contributed by atoms with Gasteiger partial charge in [-0.25, -0.2) is 0 Å². The second kappa shape index (κ2) is 6.75. The molecule has 0 saturated carbocycles. The Hall–Kier alpha value is -2.55. The Balaban J connectivity index is 2.01. The average Bonchev–Trinajstić information content (AvgIpc) is 2.61. The first-order valence-electron chi connectivity index (χ1n) is 8.23. The van der Waals surface area contributed by atoms with E-state index in [0.717, 1.165) is 34.4 Å². The predicted octanol–water partition coefficient (Wildman–Crippen LogP) is 7.16. The molecule has 0 aliphatic rings. The average molecular weight is 340 g/mol. The molecule has 25 heavy (non-hydrogen) atoms. The van der Waals surface area contributed by atoms with Gasteiger partial charge in [0, 0.05) is 0 Å². The third kappa shape index (κ3) is 3.76. The van der Waals surface area contributed by atoms with Crippen LogP contribution in [0.4, 0.5) is 13.2 Å². The summed E-state index contributed by atoms with van der Waals surface area (Å²) in [5, 5.41) is 0. The van der Waals surface area contributed by atoms with Gasteiger partial charge in [-0.05, 0) is 45.9 Å². The van der Waals surface area contributed by atoms with E-state index in [2.05, 4.69) is 38.1 Å². The van der Waals surface area contributed by atoms with Crippen LogP contribution in [0.1, 0.15) is 30.9 Å². The van der Waals surface area contributed by atoms with E-state index in [0.29, 0.717) is 5.92 Å². The maximum atomic E-state index is 12.8. The highest BCUT2D eigenvalue weighted by Crippen LogP contribution is 2.35. The highest BCUT2D eigenvalue weighted by Gasteiger charge is 2.30. The molecule has 0 aliphatic heterocycles. The molecule has 0 nitrogen and oxygen atoms in total. The number of hydrogen-bond acceptors (Lipinski definition) is 0. The van der Waals surface area contributed by atoms with Gasteiger partial charge in [0.15, 0.2) is 0 Å². The molecule has 3 rings (SSSR count). The van der Waals surface area contributed by atoms with E-state index in [4.69, 9.17) is 0 Å². The maximum Gasteiger partial charge on any atom is 0.416 e. The lowest BCUT2D eigenvalue weighted by Crippen LogP contribution is -2.04. The topological polar surface area (TPSA) is 0 Å². The molecule has 0 bridgehead atoms.